The number of amides is 1. The van der Waals surface area contributed by atoms with Crippen LogP contribution < -0.4 is 5.32 Å². The Kier molecular flexibility index (Phi) is 4.49. The van der Waals surface area contributed by atoms with Crippen LogP contribution in [0.15, 0.2) is 57.6 Å². The summed E-state index contributed by atoms with van der Waals surface area (Å²) in [5.74, 6) is 0.393. The van der Waals surface area contributed by atoms with Crippen molar-refractivity contribution in [3.05, 3.63) is 63.2 Å². The van der Waals surface area contributed by atoms with Crippen molar-refractivity contribution in [2.75, 3.05) is 5.32 Å². The Morgan fingerprint density at radius 3 is 2.45 bits per heavy atom. The van der Waals surface area contributed by atoms with Crippen LogP contribution in [0.25, 0.3) is 11.0 Å². The second kappa shape index (κ2) is 6.54. The molecule has 3 aromatic rings. The number of pyridine rings is 2. The lowest BCUT2D eigenvalue weighted by atomic mass is 10.1. The number of nitrogens with zero attached hydrogens (tertiary/aromatic N) is 2. The van der Waals surface area contributed by atoms with Gasteiger partial charge in [-0.25, -0.2) is 9.97 Å². The lowest BCUT2D eigenvalue weighted by molar-refractivity contribution is -0.115. The van der Waals surface area contributed by atoms with Crippen LogP contribution in [0, 0.1) is 0 Å². The summed E-state index contributed by atoms with van der Waals surface area (Å²) in [6.07, 6.45) is 0.304. The standard InChI is InChI=1S/C16H11Br2N3O/c17-12-5-1-10(2-6-12)9-15(22)20-14-8-4-11-3-7-13(18)19-16(11)21-14/h1-8H,9H2,(H,19,20,21,22). The molecular formula is C16H11Br2N3O. The number of benzene rings is 1. The maximum absolute atomic E-state index is 12.1. The van der Waals surface area contributed by atoms with Gasteiger partial charge in [0, 0.05) is 9.86 Å². The summed E-state index contributed by atoms with van der Waals surface area (Å²) in [5, 5.41) is 3.72. The van der Waals surface area contributed by atoms with Gasteiger partial charge in [0.05, 0.1) is 6.42 Å². The molecule has 110 valence electrons. The fourth-order valence-electron chi connectivity index (χ4n) is 2.02. The largest absolute Gasteiger partial charge is 0.310 e. The van der Waals surface area contributed by atoms with Crippen molar-refractivity contribution in [2.24, 2.45) is 0 Å². The third-order valence-corrected chi connectivity index (χ3v) is 4.03. The maximum atomic E-state index is 12.1. The summed E-state index contributed by atoms with van der Waals surface area (Å²) in [4.78, 5) is 20.7. The van der Waals surface area contributed by atoms with Gasteiger partial charge in [-0.15, -0.1) is 0 Å². The number of hydrogen-bond acceptors (Lipinski definition) is 3. The van der Waals surface area contributed by atoms with Gasteiger partial charge in [-0.3, -0.25) is 4.79 Å². The molecular weight excluding hydrogens is 410 g/mol. The van der Waals surface area contributed by atoms with E-state index in [9.17, 15) is 4.79 Å². The van der Waals surface area contributed by atoms with E-state index in [0.717, 1.165) is 15.4 Å². The van der Waals surface area contributed by atoms with Crippen LogP contribution >= 0.6 is 31.9 Å². The van der Waals surface area contributed by atoms with E-state index in [1.807, 2.05) is 42.5 Å². The van der Waals surface area contributed by atoms with Crippen LogP contribution in [-0.4, -0.2) is 15.9 Å². The molecule has 0 fully saturated rings. The minimum absolute atomic E-state index is 0.107. The molecule has 1 aromatic carbocycles. The molecule has 3 rings (SSSR count). The first-order valence-corrected chi connectivity index (χ1v) is 8.16. The number of fused-ring (bicyclic) bond motifs is 1. The predicted octanol–water partition coefficient (Wildman–Crippen LogP) is 4.34. The van der Waals surface area contributed by atoms with Crippen LogP contribution in [0.3, 0.4) is 0 Å². The first kappa shape index (κ1) is 15.1. The minimum atomic E-state index is -0.107. The number of nitrogens with one attached hydrogen (secondary N) is 1. The number of aromatic nitrogens is 2. The van der Waals surface area contributed by atoms with Crippen molar-refractivity contribution in [3.63, 3.8) is 0 Å². The summed E-state index contributed by atoms with van der Waals surface area (Å²) >= 11 is 6.69. The van der Waals surface area contributed by atoms with Gasteiger partial charge >= 0.3 is 0 Å². The van der Waals surface area contributed by atoms with Crippen molar-refractivity contribution in [1.29, 1.82) is 0 Å². The molecule has 0 bridgehead atoms. The molecule has 2 heterocycles. The van der Waals surface area contributed by atoms with E-state index < -0.39 is 0 Å². The molecule has 0 aliphatic heterocycles. The third kappa shape index (κ3) is 3.69. The van der Waals surface area contributed by atoms with Crippen LogP contribution in [0.2, 0.25) is 0 Å². The zero-order valence-electron chi connectivity index (χ0n) is 11.4. The predicted molar refractivity (Wildman–Crippen MR) is 93.7 cm³/mol. The maximum Gasteiger partial charge on any atom is 0.229 e. The normalized spacial score (nSPS) is 10.6. The van der Waals surface area contributed by atoms with Gasteiger partial charge < -0.3 is 5.32 Å². The van der Waals surface area contributed by atoms with E-state index >= 15 is 0 Å². The van der Waals surface area contributed by atoms with Crippen LogP contribution in [-0.2, 0) is 11.2 Å². The topological polar surface area (TPSA) is 54.9 Å². The lowest BCUT2D eigenvalue weighted by Crippen LogP contribution is -2.15. The molecule has 0 radical (unpaired) electrons. The number of halogens is 2. The van der Waals surface area contributed by atoms with Crippen LogP contribution in [0.5, 0.6) is 0 Å². The van der Waals surface area contributed by atoms with E-state index in [2.05, 4.69) is 47.1 Å². The fourth-order valence-corrected chi connectivity index (χ4v) is 2.58. The Balaban J connectivity index is 1.74. The monoisotopic (exact) mass is 419 g/mol. The van der Waals surface area contributed by atoms with E-state index in [0.29, 0.717) is 22.5 Å². The van der Waals surface area contributed by atoms with Crippen LogP contribution in [0.4, 0.5) is 5.82 Å². The van der Waals surface area contributed by atoms with Gasteiger partial charge in [-0.1, -0.05) is 28.1 Å². The molecule has 22 heavy (non-hydrogen) atoms. The van der Waals surface area contributed by atoms with Crippen LogP contribution in [0.1, 0.15) is 5.56 Å². The fraction of sp³-hybridized carbons (Fsp3) is 0.0625. The van der Waals surface area contributed by atoms with Crippen molar-refractivity contribution in [2.45, 2.75) is 6.42 Å². The molecule has 0 atom stereocenters. The molecule has 0 spiro atoms. The van der Waals surface area contributed by atoms with Gasteiger partial charge in [0.15, 0.2) is 5.65 Å². The van der Waals surface area contributed by atoms with Crippen molar-refractivity contribution >= 4 is 54.6 Å². The van der Waals surface area contributed by atoms with Gasteiger partial charge in [-0.05, 0) is 57.9 Å². The van der Waals surface area contributed by atoms with E-state index in [1.165, 1.54) is 0 Å². The second-order valence-electron chi connectivity index (χ2n) is 4.73. The molecule has 0 aliphatic rings. The average molecular weight is 421 g/mol. The molecule has 1 amide bonds. The highest BCUT2D eigenvalue weighted by Crippen LogP contribution is 2.17. The highest BCUT2D eigenvalue weighted by molar-refractivity contribution is 9.10. The van der Waals surface area contributed by atoms with E-state index in [1.54, 1.807) is 6.07 Å². The molecule has 0 aliphatic carbocycles. The first-order chi connectivity index (χ1) is 10.6. The third-order valence-electron chi connectivity index (χ3n) is 3.06. The Labute approximate surface area is 144 Å². The summed E-state index contributed by atoms with van der Waals surface area (Å²) in [6, 6.07) is 15.1. The summed E-state index contributed by atoms with van der Waals surface area (Å²) in [7, 11) is 0. The smallest absolute Gasteiger partial charge is 0.229 e. The molecule has 6 heteroatoms. The summed E-state index contributed by atoms with van der Waals surface area (Å²) in [6.45, 7) is 0. The first-order valence-electron chi connectivity index (χ1n) is 6.58. The number of anilines is 1. The summed E-state index contributed by atoms with van der Waals surface area (Å²) < 4.78 is 1.70. The zero-order chi connectivity index (χ0) is 15.5. The SMILES string of the molecule is O=C(Cc1ccc(Br)cc1)Nc1ccc2ccc(Br)nc2n1. The molecule has 2 aromatic heterocycles. The highest BCUT2D eigenvalue weighted by Gasteiger charge is 2.06. The Hall–Kier alpha value is -1.79. The van der Waals surface area contributed by atoms with Crippen molar-refractivity contribution in [1.82, 2.24) is 9.97 Å². The average Bonchev–Trinajstić information content (AvgIpc) is 2.49. The quantitative estimate of drug-likeness (QED) is 0.641. The lowest BCUT2D eigenvalue weighted by Gasteiger charge is -2.06. The molecule has 4 nitrogen and oxygen atoms in total. The van der Waals surface area contributed by atoms with Gasteiger partial charge in [-0.2, -0.15) is 0 Å². The molecule has 1 N–H and O–H groups in total. The summed E-state index contributed by atoms with van der Waals surface area (Å²) in [5.41, 5.74) is 1.54. The van der Waals surface area contributed by atoms with Gasteiger partial charge in [0.1, 0.15) is 10.4 Å². The molecule has 0 saturated heterocycles. The number of carbonyl (C=O) groups excluding carboxylic acids is 1. The van der Waals surface area contributed by atoms with E-state index in [-0.39, 0.29) is 5.91 Å². The van der Waals surface area contributed by atoms with Gasteiger partial charge in [0.2, 0.25) is 5.91 Å². The van der Waals surface area contributed by atoms with Crippen molar-refractivity contribution < 1.29 is 4.79 Å². The molecule has 0 unspecified atom stereocenters. The zero-order valence-corrected chi connectivity index (χ0v) is 14.6. The Morgan fingerprint density at radius 2 is 1.68 bits per heavy atom. The van der Waals surface area contributed by atoms with E-state index in [4.69, 9.17) is 0 Å². The number of hydrogen-bond donors (Lipinski definition) is 1. The Bertz CT molecular complexity index is 834. The molecule has 0 saturated carbocycles. The van der Waals surface area contributed by atoms with Gasteiger partial charge in [0.25, 0.3) is 0 Å². The Morgan fingerprint density at radius 1 is 0.955 bits per heavy atom. The highest BCUT2D eigenvalue weighted by atomic mass is 79.9. The number of rotatable bonds is 3. The van der Waals surface area contributed by atoms with Crippen molar-refractivity contribution in [3.8, 4) is 0 Å². The second-order valence-corrected chi connectivity index (χ2v) is 6.46. The minimum Gasteiger partial charge on any atom is -0.310 e. The number of carbonyl (C=O) groups is 1.